The monoisotopic (exact) mass is 370 g/mol. The second-order valence-corrected chi connectivity index (χ2v) is 5.61. The summed E-state index contributed by atoms with van der Waals surface area (Å²) in [6, 6.07) is 16.2. The number of hydrogen-bond donors (Lipinski definition) is 2. The van der Waals surface area contributed by atoms with Crippen LogP contribution in [-0.4, -0.2) is 37.5 Å². The molecule has 142 valence electrons. The number of carbonyl (C=O) groups excluding carboxylic acids is 3. The summed E-state index contributed by atoms with van der Waals surface area (Å²) in [4.78, 5) is 34.8. The predicted octanol–water partition coefficient (Wildman–Crippen LogP) is 1.67. The average Bonchev–Trinajstić information content (AvgIpc) is 2.70. The predicted molar refractivity (Wildman–Crippen MR) is 99.2 cm³/mol. The van der Waals surface area contributed by atoms with Crippen molar-refractivity contribution in [3.05, 3.63) is 65.7 Å². The molecular formula is C20H22N2O5. The lowest BCUT2D eigenvalue weighted by molar-refractivity contribution is -0.127. The van der Waals surface area contributed by atoms with Crippen LogP contribution < -0.4 is 15.4 Å². The largest absolute Gasteiger partial charge is 0.489 e. The highest BCUT2D eigenvalue weighted by Gasteiger charge is 2.11. The maximum Gasteiger partial charge on any atom is 0.338 e. The van der Waals surface area contributed by atoms with Gasteiger partial charge in [0.15, 0.2) is 6.61 Å². The van der Waals surface area contributed by atoms with Crippen molar-refractivity contribution in [2.24, 2.45) is 0 Å². The first-order valence-corrected chi connectivity index (χ1v) is 8.55. The van der Waals surface area contributed by atoms with Gasteiger partial charge >= 0.3 is 5.97 Å². The topological polar surface area (TPSA) is 93.7 Å². The Bertz CT molecular complexity index is 760. The molecule has 2 aromatic carbocycles. The molecule has 2 N–H and O–H groups in total. The van der Waals surface area contributed by atoms with Crippen LogP contribution >= 0.6 is 0 Å². The quantitative estimate of drug-likeness (QED) is 0.655. The van der Waals surface area contributed by atoms with E-state index in [0.717, 1.165) is 5.56 Å². The van der Waals surface area contributed by atoms with Crippen molar-refractivity contribution in [1.82, 2.24) is 10.6 Å². The molecule has 2 rings (SSSR count). The zero-order valence-electron chi connectivity index (χ0n) is 15.1. The van der Waals surface area contributed by atoms with E-state index in [1.54, 1.807) is 31.2 Å². The standard InChI is InChI=1S/C20H22N2O5/c1-2-21-18(23)12-22-19(24)14-27-20(25)16-8-10-17(11-9-16)26-13-15-6-4-3-5-7-15/h3-11H,2,12-14H2,1H3,(H,21,23)(H,22,24). The highest BCUT2D eigenvalue weighted by atomic mass is 16.5. The number of ether oxygens (including phenoxy) is 2. The number of hydrogen-bond acceptors (Lipinski definition) is 5. The van der Waals surface area contributed by atoms with Gasteiger partial charge in [-0.15, -0.1) is 0 Å². The van der Waals surface area contributed by atoms with Gasteiger partial charge in [0.1, 0.15) is 12.4 Å². The van der Waals surface area contributed by atoms with Crippen LogP contribution in [0, 0.1) is 0 Å². The van der Waals surface area contributed by atoms with E-state index < -0.39 is 18.5 Å². The first-order valence-electron chi connectivity index (χ1n) is 8.55. The first kappa shape index (κ1) is 20.0. The molecule has 0 aromatic heterocycles. The van der Waals surface area contributed by atoms with Gasteiger partial charge in [0.25, 0.3) is 5.91 Å². The Labute approximate surface area is 157 Å². The number of likely N-dealkylation sites (N-methyl/N-ethyl adjacent to an activating group) is 1. The van der Waals surface area contributed by atoms with Crippen molar-refractivity contribution in [2.45, 2.75) is 13.5 Å². The van der Waals surface area contributed by atoms with Crippen molar-refractivity contribution in [3.63, 3.8) is 0 Å². The van der Waals surface area contributed by atoms with Crippen molar-refractivity contribution in [2.75, 3.05) is 19.7 Å². The molecule has 0 spiro atoms. The van der Waals surface area contributed by atoms with Gasteiger partial charge in [-0.25, -0.2) is 4.79 Å². The molecule has 0 saturated heterocycles. The van der Waals surface area contributed by atoms with E-state index in [0.29, 0.717) is 24.5 Å². The molecule has 27 heavy (non-hydrogen) atoms. The second-order valence-electron chi connectivity index (χ2n) is 5.61. The van der Waals surface area contributed by atoms with Crippen LogP contribution in [0.5, 0.6) is 5.75 Å². The molecule has 0 heterocycles. The molecule has 0 aliphatic carbocycles. The Morgan fingerprint density at radius 2 is 1.59 bits per heavy atom. The SMILES string of the molecule is CCNC(=O)CNC(=O)COC(=O)c1ccc(OCc2ccccc2)cc1. The van der Waals surface area contributed by atoms with Gasteiger partial charge in [-0.1, -0.05) is 30.3 Å². The van der Waals surface area contributed by atoms with Gasteiger partial charge < -0.3 is 20.1 Å². The molecule has 2 aromatic rings. The summed E-state index contributed by atoms with van der Waals surface area (Å²) in [5.41, 5.74) is 1.35. The summed E-state index contributed by atoms with van der Waals surface area (Å²) in [5, 5.41) is 4.91. The van der Waals surface area contributed by atoms with E-state index in [9.17, 15) is 14.4 Å². The zero-order valence-corrected chi connectivity index (χ0v) is 15.1. The van der Waals surface area contributed by atoms with Gasteiger partial charge in [-0.3, -0.25) is 9.59 Å². The number of esters is 1. The Morgan fingerprint density at radius 1 is 0.889 bits per heavy atom. The molecule has 0 aliphatic rings. The normalized spacial score (nSPS) is 9.96. The molecule has 2 amide bonds. The number of nitrogens with one attached hydrogen (secondary N) is 2. The van der Waals surface area contributed by atoms with Gasteiger partial charge in [0.2, 0.25) is 5.91 Å². The highest BCUT2D eigenvalue weighted by Crippen LogP contribution is 2.15. The minimum atomic E-state index is -0.627. The lowest BCUT2D eigenvalue weighted by atomic mass is 10.2. The van der Waals surface area contributed by atoms with Crippen LogP contribution in [0.25, 0.3) is 0 Å². The summed E-state index contributed by atoms with van der Waals surface area (Å²) in [7, 11) is 0. The van der Waals surface area contributed by atoms with Gasteiger partial charge in [-0.2, -0.15) is 0 Å². The Morgan fingerprint density at radius 3 is 2.26 bits per heavy atom. The maximum absolute atomic E-state index is 12.0. The van der Waals surface area contributed by atoms with Crippen LogP contribution in [0.3, 0.4) is 0 Å². The summed E-state index contributed by atoms with van der Waals surface area (Å²) in [5.74, 6) is -0.853. The first-order chi connectivity index (χ1) is 13.1. The number of benzene rings is 2. The molecule has 7 heteroatoms. The molecule has 0 radical (unpaired) electrons. The fraction of sp³-hybridized carbons (Fsp3) is 0.250. The Hall–Kier alpha value is -3.35. The van der Waals surface area contributed by atoms with Crippen molar-refractivity contribution >= 4 is 17.8 Å². The molecular weight excluding hydrogens is 348 g/mol. The van der Waals surface area contributed by atoms with Gasteiger partial charge in [0.05, 0.1) is 12.1 Å². The lowest BCUT2D eigenvalue weighted by Gasteiger charge is -2.08. The summed E-state index contributed by atoms with van der Waals surface area (Å²) in [6.45, 7) is 2.08. The number of carbonyl (C=O) groups is 3. The van der Waals surface area contributed by atoms with Crippen molar-refractivity contribution in [1.29, 1.82) is 0 Å². The van der Waals surface area contributed by atoms with E-state index in [-0.39, 0.29) is 12.5 Å². The molecule has 0 saturated carbocycles. The Kier molecular flexibility index (Phi) is 7.84. The van der Waals surface area contributed by atoms with E-state index in [1.165, 1.54) is 0 Å². The van der Waals surface area contributed by atoms with Crippen molar-refractivity contribution in [3.8, 4) is 5.75 Å². The van der Waals surface area contributed by atoms with Gasteiger partial charge in [-0.05, 0) is 36.8 Å². The third-order valence-electron chi connectivity index (χ3n) is 3.49. The summed E-state index contributed by atoms with van der Waals surface area (Å²) >= 11 is 0. The molecule has 7 nitrogen and oxygen atoms in total. The molecule has 0 aliphatic heterocycles. The molecule has 0 bridgehead atoms. The fourth-order valence-electron chi connectivity index (χ4n) is 2.13. The molecule has 0 unspecified atom stereocenters. The average molecular weight is 370 g/mol. The van der Waals surface area contributed by atoms with Crippen LogP contribution in [0.4, 0.5) is 0 Å². The van der Waals surface area contributed by atoms with E-state index in [4.69, 9.17) is 9.47 Å². The van der Waals surface area contributed by atoms with E-state index in [1.807, 2.05) is 30.3 Å². The highest BCUT2D eigenvalue weighted by molar-refractivity contribution is 5.92. The maximum atomic E-state index is 12.0. The lowest BCUT2D eigenvalue weighted by Crippen LogP contribution is -2.38. The minimum absolute atomic E-state index is 0.155. The Balaban J connectivity index is 1.74. The molecule has 0 atom stereocenters. The van der Waals surface area contributed by atoms with Crippen LogP contribution in [0.2, 0.25) is 0 Å². The second kappa shape index (κ2) is 10.6. The zero-order chi connectivity index (χ0) is 19.5. The molecule has 0 fully saturated rings. The van der Waals surface area contributed by atoms with Crippen LogP contribution in [0.15, 0.2) is 54.6 Å². The fourth-order valence-corrected chi connectivity index (χ4v) is 2.13. The third kappa shape index (κ3) is 7.19. The third-order valence-corrected chi connectivity index (χ3v) is 3.49. The van der Waals surface area contributed by atoms with Crippen LogP contribution in [-0.2, 0) is 20.9 Å². The number of rotatable bonds is 9. The number of amides is 2. The van der Waals surface area contributed by atoms with Crippen molar-refractivity contribution < 1.29 is 23.9 Å². The van der Waals surface area contributed by atoms with Crippen LogP contribution in [0.1, 0.15) is 22.8 Å². The summed E-state index contributed by atoms with van der Waals surface area (Å²) in [6.07, 6.45) is 0. The van der Waals surface area contributed by atoms with E-state index in [2.05, 4.69) is 10.6 Å². The van der Waals surface area contributed by atoms with E-state index >= 15 is 0 Å². The summed E-state index contributed by atoms with van der Waals surface area (Å²) < 4.78 is 10.6. The smallest absolute Gasteiger partial charge is 0.338 e. The minimum Gasteiger partial charge on any atom is -0.489 e. The van der Waals surface area contributed by atoms with Gasteiger partial charge in [0, 0.05) is 6.54 Å².